The van der Waals surface area contributed by atoms with E-state index >= 15 is 0 Å². The Kier molecular flexibility index (Phi) is 10.7. The van der Waals surface area contributed by atoms with Gasteiger partial charge in [-0.3, -0.25) is 0 Å². The quantitative estimate of drug-likeness (QED) is 0.151. The number of anilines is 3. The van der Waals surface area contributed by atoms with Crippen molar-refractivity contribution in [3.8, 4) is 5.69 Å². The number of fused-ring (bicyclic) bond motifs is 11. The molecule has 0 fully saturated rings. The van der Waals surface area contributed by atoms with Gasteiger partial charge in [0.2, 0.25) is 13.4 Å². The summed E-state index contributed by atoms with van der Waals surface area (Å²) in [7, 11) is 0. The first-order chi connectivity index (χ1) is 35.5. The molecule has 73 heavy (non-hydrogen) atoms. The van der Waals surface area contributed by atoms with E-state index in [1.54, 1.807) is 0 Å². The fraction of sp³-hybridized carbons (Fsp3) is 0.188. The van der Waals surface area contributed by atoms with Crippen LogP contribution < -0.4 is 26.8 Å². The van der Waals surface area contributed by atoms with Crippen molar-refractivity contribution in [3.05, 3.63) is 265 Å². The summed E-state index contributed by atoms with van der Waals surface area (Å²) in [5.41, 5.74) is 18.2. The van der Waals surface area contributed by atoms with Gasteiger partial charge in [0.15, 0.2) is 0 Å². The van der Waals surface area contributed by atoms with E-state index in [0.29, 0.717) is 0 Å². The lowest BCUT2D eigenvalue weighted by Crippen LogP contribution is -2.67. The lowest BCUT2D eigenvalue weighted by molar-refractivity contribution is 0.281. The predicted octanol–water partition coefficient (Wildman–Crippen LogP) is 14.6. The summed E-state index contributed by atoms with van der Waals surface area (Å²) in [6.07, 6.45) is 19.5. The van der Waals surface area contributed by atoms with Crippen molar-refractivity contribution in [1.82, 2.24) is 4.57 Å². The zero-order chi connectivity index (χ0) is 49.6. The molecule has 9 aromatic rings. The maximum atomic E-state index is 2.58. The molecule has 2 nitrogen and oxygen atoms in total. The van der Waals surface area contributed by atoms with E-state index in [0.717, 1.165) is 17.1 Å². The van der Waals surface area contributed by atoms with Crippen molar-refractivity contribution in [2.45, 2.75) is 69.4 Å². The van der Waals surface area contributed by atoms with Crippen molar-refractivity contribution in [2.75, 3.05) is 4.90 Å². The average Bonchev–Trinajstić information content (AvgIpc) is 3.76. The molecule has 0 radical (unpaired) electrons. The van der Waals surface area contributed by atoms with E-state index in [4.69, 9.17) is 0 Å². The fourth-order valence-corrected chi connectivity index (χ4v) is 13.9. The van der Waals surface area contributed by atoms with Crippen LogP contribution in [0.25, 0.3) is 27.5 Å². The first kappa shape index (κ1) is 45.3. The normalized spacial score (nSPS) is 20.8. The van der Waals surface area contributed by atoms with Crippen molar-refractivity contribution in [2.24, 2.45) is 11.8 Å². The first-order valence-electron chi connectivity index (χ1n) is 26.6. The smallest absolute Gasteiger partial charge is 0.217 e. The Morgan fingerprint density at radius 3 is 1.21 bits per heavy atom. The Morgan fingerprint density at radius 1 is 0.397 bits per heavy atom. The summed E-state index contributed by atoms with van der Waals surface area (Å²) in [5, 5.41) is 2.57. The SMILES string of the molecule is CC(C)(C)c1ccc(N(c2ccc(B3c4ccccc4C4(c5ccccc5B(c5ccc(-n6c7ccccc7c7ccccc76)cc5)C5C=CC=CC54)C4C=CC=CC34)cc2)c2ccc(C(C)(C)C)cc2)cc1. The summed E-state index contributed by atoms with van der Waals surface area (Å²) in [5.74, 6) is 0.945. The molecule has 0 N–H and O–H groups in total. The molecular weight excluding hydrogens is 878 g/mol. The highest BCUT2D eigenvalue weighted by Crippen LogP contribution is 2.60. The van der Waals surface area contributed by atoms with Crippen LogP contribution in [0.15, 0.2) is 243 Å². The Labute approximate surface area is 433 Å². The highest BCUT2D eigenvalue weighted by Gasteiger charge is 2.61. The van der Waals surface area contributed by atoms with Crippen molar-refractivity contribution >= 4 is 74.1 Å². The van der Waals surface area contributed by atoms with Gasteiger partial charge in [-0.25, -0.2) is 0 Å². The number of benzene rings is 8. The van der Waals surface area contributed by atoms with Crippen molar-refractivity contribution in [1.29, 1.82) is 0 Å². The van der Waals surface area contributed by atoms with Crippen molar-refractivity contribution < 1.29 is 0 Å². The van der Waals surface area contributed by atoms with Crippen LogP contribution >= 0.6 is 0 Å². The number of para-hydroxylation sites is 2. The maximum absolute atomic E-state index is 2.58. The van der Waals surface area contributed by atoms with Crippen LogP contribution in [0.1, 0.15) is 63.8 Å². The molecule has 2 aliphatic carbocycles. The van der Waals surface area contributed by atoms with Gasteiger partial charge in [-0.1, -0.05) is 245 Å². The van der Waals surface area contributed by atoms with Crippen LogP contribution in [0.3, 0.4) is 0 Å². The second-order valence-electron chi connectivity index (χ2n) is 23.2. The van der Waals surface area contributed by atoms with Gasteiger partial charge in [-0.05, 0) is 117 Å². The highest BCUT2D eigenvalue weighted by atomic mass is 15.1. The second-order valence-corrected chi connectivity index (χ2v) is 23.2. The third-order valence-electron chi connectivity index (χ3n) is 17.2. The zero-order valence-electron chi connectivity index (χ0n) is 43.0. The minimum atomic E-state index is -0.296. The molecule has 1 aromatic heterocycles. The van der Waals surface area contributed by atoms with Crippen LogP contribution in [-0.4, -0.2) is 18.0 Å². The van der Waals surface area contributed by atoms with E-state index in [9.17, 15) is 0 Å². The number of aromatic nitrogens is 1. The molecule has 5 unspecified atom stereocenters. The van der Waals surface area contributed by atoms with Gasteiger partial charge in [0.25, 0.3) is 0 Å². The maximum Gasteiger partial charge on any atom is 0.217 e. The van der Waals surface area contributed by atoms with E-state index in [-0.39, 0.29) is 53.1 Å². The standard InChI is InChI=1S/C69H62B2N2/c1-67(2,3)47-31-39-51(40-32-47)72(52-41-33-48(34-42-52)68(4,5)6)53-43-35-49(36-44-53)70-61-25-13-9-21-57(61)69(58-22-10-14-26-62(58)70)59-23-11-15-27-63(59)71(64-28-16-12-24-60(64)69)50-37-45-54(46-38-50)73-65-29-17-7-19-55(65)56-20-8-18-30-66(56)73/h7-46,57,59,61,63H,1-6H3. The van der Waals surface area contributed by atoms with Crippen LogP contribution in [-0.2, 0) is 16.2 Å². The number of rotatable bonds is 6. The lowest BCUT2D eigenvalue weighted by atomic mass is 9.19. The monoisotopic (exact) mass is 941 g/mol. The van der Waals surface area contributed by atoms with E-state index in [1.807, 2.05) is 0 Å². The molecule has 0 amide bonds. The molecule has 2 aliphatic heterocycles. The third-order valence-corrected chi connectivity index (χ3v) is 17.2. The van der Waals surface area contributed by atoms with Crippen LogP contribution in [0.5, 0.6) is 0 Å². The zero-order valence-corrected chi connectivity index (χ0v) is 43.0. The largest absolute Gasteiger partial charge is 0.311 e. The molecule has 1 spiro atoms. The molecule has 4 heteroatoms. The van der Waals surface area contributed by atoms with Crippen LogP contribution in [0.4, 0.5) is 17.1 Å². The Hall–Kier alpha value is -7.55. The molecule has 0 bridgehead atoms. The number of nitrogens with zero attached hydrogens (tertiary/aromatic N) is 2. The van der Waals surface area contributed by atoms with Gasteiger partial charge in [0.05, 0.1) is 11.0 Å². The second kappa shape index (κ2) is 17.3. The summed E-state index contributed by atoms with van der Waals surface area (Å²) in [6, 6.07) is 74.2. The molecular formula is C69H62B2N2. The topological polar surface area (TPSA) is 8.17 Å². The Morgan fingerprint density at radius 2 is 0.767 bits per heavy atom. The molecule has 0 saturated carbocycles. The van der Waals surface area contributed by atoms with Crippen molar-refractivity contribution in [3.63, 3.8) is 0 Å². The van der Waals surface area contributed by atoms with E-state index in [1.165, 1.54) is 71.6 Å². The minimum Gasteiger partial charge on any atom is -0.311 e. The Balaban J connectivity index is 0.918. The fourth-order valence-electron chi connectivity index (χ4n) is 13.9. The summed E-state index contributed by atoms with van der Waals surface area (Å²) in [6.45, 7) is 14.1. The molecule has 3 heterocycles. The van der Waals surface area contributed by atoms with E-state index < -0.39 is 0 Å². The number of hydrogen-bond donors (Lipinski definition) is 0. The molecule has 0 saturated heterocycles. The van der Waals surface area contributed by atoms with Gasteiger partial charge >= 0.3 is 0 Å². The minimum absolute atomic E-state index is 0.0729. The van der Waals surface area contributed by atoms with Gasteiger partial charge in [0.1, 0.15) is 0 Å². The Bertz CT molecular complexity index is 3560. The van der Waals surface area contributed by atoms with Gasteiger partial charge in [0, 0.05) is 38.9 Å². The number of allylic oxidation sites excluding steroid dienone is 8. The molecule has 5 atom stereocenters. The number of hydrogen-bond acceptors (Lipinski definition) is 1. The molecule has 354 valence electrons. The molecule has 4 aliphatic rings. The summed E-state index contributed by atoms with van der Waals surface area (Å²) in [4.78, 5) is 2.43. The summed E-state index contributed by atoms with van der Waals surface area (Å²) < 4.78 is 2.43. The summed E-state index contributed by atoms with van der Waals surface area (Å²) >= 11 is 0. The van der Waals surface area contributed by atoms with Crippen LogP contribution in [0, 0.1) is 11.8 Å². The van der Waals surface area contributed by atoms with Gasteiger partial charge in [-0.2, -0.15) is 0 Å². The molecule has 13 rings (SSSR count). The van der Waals surface area contributed by atoms with Gasteiger partial charge in [-0.15, -0.1) is 0 Å². The van der Waals surface area contributed by atoms with Gasteiger partial charge < -0.3 is 9.47 Å². The average molecular weight is 941 g/mol. The third kappa shape index (κ3) is 7.23. The van der Waals surface area contributed by atoms with Crippen LogP contribution in [0.2, 0.25) is 11.6 Å². The predicted molar refractivity (Wildman–Crippen MR) is 314 cm³/mol. The first-order valence-corrected chi connectivity index (χ1v) is 26.6. The lowest BCUT2D eigenvalue weighted by Gasteiger charge is -2.59. The highest BCUT2D eigenvalue weighted by molar-refractivity contribution is 6.88. The molecule has 8 aromatic carbocycles. The van der Waals surface area contributed by atoms with E-state index in [2.05, 4.69) is 294 Å².